The summed E-state index contributed by atoms with van der Waals surface area (Å²) < 4.78 is 0. The summed E-state index contributed by atoms with van der Waals surface area (Å²) in [7, 11) is 0. The van der Waals surface area contributed by atoms with Crippen molar-refractivity contribution in [3.63, 3.8) is 0 Å². The zero-order valence-corrected chi connectivity index (χ0v) is 18.9. The van der Waals surface area contributed by atoms with E-state index in [4.69, 9.17) is 0 Å². The van der Waals surface area contributed by atoms with Crippen molar-refractivity contribution in [2.24, 2.45) is 4.99 Å². The van der Waals surface area contributed by atoms with Gasteiger partial charge in [0.1, 0.15) is 6.54 Å². The topological polar surface area (TPSA) is 56.7 Å². The number of hydrogen-bond acceptors (Lipinski definition) is 3. The molecule has 2 rings (SSSR count). The molecule has 1 amide bonds. The van der Waals surface area contributed by atoms with Gasteiger partial charge in [0.15, 0.2) is 5.96 Å². The molecule has 146 valence electrons. The lowest BCUT2D eigenvalue weighted by atomic mass is 10.1. The lowest BCUT2D eigenvalue weighted by Gasteiger charge is -2.34. The number of halogens is 1. The smallest absolute Gasteiger partial charge is 0.241 e. The fourth-order valence-corrected chi connectivity index (χ4v) is 3.96. The summed E-state index contributed by atoms with van der Waals surface area (Å²) in [6.07, 6.45) is 2.01. The van der Waals surface area contributed by atoms with E-state index in [1.807, 2.05) is 30.0 Å². The molecule has 1 aliphatic heterocycles. The first-order valence-electron chi connectivity index (χ1n) is 9.18. The Morgan fingerprint density at radius 2 is 2.04 bits per heavy atom. The number of rotatable bonds is 7. The van der Waals surface area contributed by atoms with E-state index >= 15 is 0 Å². The molecule has 0 aromatic heterocycles. The van der Waals surface area contributed by atoms with Crippen molar-refractivity contribution < 1.29 is 4.79 Å². The summed E-state index contributed by atoms with van der Waals surface area (Å²) in [4.78, 5) is 18.9. The van der Waals surface area contributed by atoms with Crippen molar-refractivity contribution in [1.82, 2.24) is 15.5 Å². The Morgan fingerprint density at radius 1 is 1.27 bits per heavy atom. The third-order valence-electron chi connectivity index (χ3n) is 4.18. The van der Waals surface area contributed by atoms with Crippen LogP contribution >= 0.6 is 35.7 Å². The summed E-state index contributed by atoms with van der Waals surface area (Å²) in [5.41, 5.74) is 1.23. The highest BCUT2D eigenvalue weighted by molar-refractivity contribution is 14.0. The van der Waals surface area contributed by atoms with Gasteiger partial charge in [-0.1, -0.05) is 37.3 Å². The van der Waals surface area contributed by atoms with Gasteiger partial charge in [-0.25, -0.2) is 4.99 Å². The lowest BCUT2D eigenvalue weighted by Crippen LogP contribution is -2.48. The van der Waals surface area contributed by atoms with E-state index in [1.54, 1.807) is 0 Å². The van der Waals surface area contributed by atoms with Crippen LogP contribution in [0.4, 0.5) is 0 Å². The van der Waals surface area contributed by atoms with Crippen LogP contribution in [0.3, 0.4) is 0 Å². The maximum Gasteiger partial charge on any atom is 0.241 e. The summed E-state index contributed by atoms with van der Waals surface area (Å²) in [6, 6.07) is 10.2. The Labute approximate surface area is 178 Å². The quantitative estimate of drug-likeness (QED) is 0.351. The number of thioether (sulfide) groups is 1. The van der Waals surface area contributed by atoms with E-state index in [9.17, 15) is 4.79 Å². The minimum absolute atomic E-state index is 0. The average Bonchev–Trinajstić information content (AvgIpc) is 2.66. The second kappa shape index (κ2) is 13.2. The largest absolute Gasteiger partial charge is 0.357 e. The van der Waals surface area contributed by atoms with Crippen LogP contribution in [0.25, 0.3) is 0 Å². The van der Waals surface area contributed by atoms with Crippen molar-refractivity contribution in [3.8, 4) is 0 Å². The van der Waals surface area contributed by atoms with Gasteiger partial charge in [0.05, 0.1) is 0 Å². The molecule has 0 aliphatic carbocycles. The number of benzene rings is 1. The first-order chi connectivity index (χ1) is 12.2. The van der Waals surface area contributed by atoms with Gasteiger partial charge >= 0.3 is 0 Å². The molecule has 26 heavy (non-hydrogen) atoms. The van der Waals surface area contributed by atoms with Gasteiger partial charge in [0, 0.05) is 37.2 Å². The highest BCUT2D eigenvalue weighted by Crippen LogP contribution is 2.20. The monoisotopic (exact) mass is 490 g/mol. The molecular formula is C19H31IN4OS. The van der Waals surface area contributed by atoms with Gasteiger partial charge < -0.3 is 15.5 Å². The van der Waals surface area contributed by atoms with Crippen molar-refractivity contribution in [3.05, 3.63) is 35.9 Å². The van der Waals surface area contributed by atoms with Crippen LogP contribution in [0, 0.1) is 0 Å². The minimum atomic E-state index is -0.0234. The molecule has 7 heteroatoms. The van der Waals surface area contributed by atoms with Gasteiger partial charge in [-0.2, -0.15) is 11.8 Å². The fraction of sp³-hybridized carbons (Fsp3) is 0.579. The molecule has 1 atom stereocenters. The first-order valence-corrected chi connectivity index (χ1v) is 10.2. The third-order valence-corrected chi connectivity index (χ3v) is 5.55. The number of hydrogen-bond donors (Lipinski definition) is 2. The average molecular weight is 490 g/mol. The van der Waals surface area contributed by atoms with Crippen LogP contribution in [0.1, 0.15) is 25.8 Å². The molecule has 2 N–H and O–H groups in total. The first kappa shape index (κ1) is 23.1. The molecule has 0 spiro atoms. The summed E-state index contributed by atoms with van der Waals surface area (Å²) >= 11 is 2.03. The molecule has 1 heterocycles. The predicted molar refractivity (Wildman–Crippen MR) is 123 cm³/mol. The molecule has 1 aromatic rings. The van der Waals surface area contributed by atoms with E-state index in [0.717, 1.165) is 37.8 Å². The number of aliphatic imine (C=N–C) groups is 1. The van der Waals surface area contributed by atoms with E-state index in [-0.39, 0.29) is 36.4 Å². The highest BCUT2D eigenvalue weighted by Gasteiger charge is 2.21. The van der Waals surface area contributed by atoms with Crippen molar-refractivity contribution in [2.75, 3.05) is 38.5 Å². The Balaban J connectivity index is 0.00000338. The van der Waals surface area contributed by atoms with E-state index in [1.165, 1.54) is 12.0 Å². The van der Waals surface area contributed by atoms with Gasteiger partial charge in [-0.3, -0.25) is 4.79 Å². The molecule has 1 aromatic carbocycles. The van der Waals surface area contributed by atoms with Crippen molar-refractivity contribution >= 4 is 47.6 Å². The standard InChI is InChI=1S/C19H30N4OS.HI/c1-3-17-15-23(12-13-25-17)19(20-4-2)22-14-18(24)21-11-10-16-8-6-5-7-9-16;/h5-9,17H,3-4,10-15H2,1-2H3,(H,20,22)(H,21,24);1H. The zero-order valence-electron chi connectivity index (χ0n) is 15.7. The molecule has 0 radical (unpaired) electrons. The lowest BCUT2D eigenvalue weighted by molar-refractivity contribution is -0.119. The van der Waals surface area contributed by atoms with Crippen LogP contribution in [-0.4, -0.2) is 60.5 Å². The van der Waals surface area contributed by atoms with Gasteiger partial charge in [-0.05, 0) is 25.3 Å². The number of carbonyl (C=O) groups is 1. The van der Waals surface area contributed by atoms with Crippen LogP contribution in [0.15, 0.2) is 35.3 Å². The summed E-state index contributed by atoms with van der Waals surface area (Å²) in [5.74, 6) is 1.95. The Morgan fingerprint density at radius 3 is 2.73 bits per heavy atom. The van der Waals surface area contributed by atoms with E-state index in [0.29, 0.717) is 11.8 Å². The van der Waals surface area contributed by atoms with Gasteiger partial charge in [0.25, 0.3) is 0 Å². The van der Waals surface area contributed by atoms with Gasteiger partial charge in [-0.15, -0.1) is 24.0 Å². The van der Waals surface area contributed by atoms with Crippen molar-refractivity contribution in [2.45, 2.75) is 31.9 Å². The van der Waals surface area contributed by atoms with Gasteiger partial charge in [0.2, 0.25) is 5.91 Å². The number of nitrogens with zero attached hydrogens (tertiary/aromatic N) is 2. The molecular weight excluding hydrogens is 459 g/mol. The molecule has 1 fully saturated rings. The normalized spacial score (nSPS) is 17.4. The SMILES string of the molecule is CCNC(=NCC(=O)NCCc1ccccc1)N1CCSC(CC)C1.I. The molecule has 0 bridgehead atoms. The van der Waals surface area contributed by atoms with Crippen molar-refractivity contribution in [1.29, 1.82) is 0 Å². The van der Waals surface area contributed by atoms with E-state index < -0.39 is 0 Å². The number of nitrogens with one attached hydrogen (secondary N) is 2. The van der Waals surface area contributed by atoms with E-state index in [2.05, 4.69) is 46.5 Å². The molecule has 0 saturated carbocycles. The van der Waals surface area contributed by atoms with Crippen LogP contribution < -0.4 is 10.6 Å². The van der Waals surface area contributed by atoms with Crippen LogP contribution in [0.2, 0.25) is 0 Å². The molecule has 5 nitrogen and oxygen atoms in total. The highest BCUT2D eigenvalue weighted by atomic mass is 127. The maximum absolute atomic E-state index is 12.1. The third kappa shape index (κ3) is 8.16. The molecule has 1 saturated heterocycles. The minimum Gasteiger partial charge on any atom is -0.357 e. The number of guanidine groups is 1. The zero-order chi connectivity index (χ0) is 17.9. The van der Waals surface area contributed by atoms with Crippen LogP contribution in [0.5, 0.6) is 0 Å². The van der Waals surface area contributed by atoms with Crippen LogP contribution in [-0.2, 0) is 11.2 Å². The Kier molecular flexibility index (Phi) is 11.8. The second-order valence-corrected chi connectivity index (χ2v) is 7.51. The summed E-state index contributed by atoms with van der Waals surface area (Å²) in [6.45, 7) is 7.92. The summed E-state index contributed by atoms with van der Waals surface area (Å²) in [5, 5.41) is 6.93. The molecule has 1 unspecified atom stereocenters. The fourth-order valence-electron chi connectivity index (χ4n) is 2.78. The maximum atomic E-state index is 12.1. The number of amides is 1. The predicted octanol–water partition coefficient (Wildman–Crippen LogP) is 2.76. The molecule has 1 aliphatic rings. The second-order valence-electron chi connectivity index (χ2n) is 6.10. The number of carbonyl (C=O) groups excluding carboxylic acids is 1. The Bertz CT molecular complexity index is 556. The Hall–Kier alpha value is -0.960.